The summed E-state index contributed by atoms with van der Waals surface area (Å²) in [7, 11) is 0. The number of rotatable bonds is 2. The monoisotopic (exact) mass is 453 g/mol. The molecule has 3 aromatic rings. The van der Waals surface area contributed by atoms with Gasteiger partial charge >= 0.3 is 0 Å². The second-order valence-corrected chi connectivity index (χ2v) is 7.48. The van der Waals surface area contributed by atoms with Crippen molar-refractivity contribution in [1.29, 1.82) is 0 Å². The summed E-state index contributed by atoms with van der Waals surface area (Å²) in [5, 5.41) is 1.27. The highest BCUT2D eigenvalue weighted by atomic mass is 19.1. The van der Waals surface area contributed by atoms with Crippen molar-refractivity contribution in [3.8, 4) is 0 Å². The van der Waals surface area contributed by atoms with Gasteiger partial charge in [0.1, 0.15) is 5.82 Å². The zero-order chi connectivity index (χ0) is 26.0. The van der Waals surface area contributed by atoms with E-state index >= 15 is 0 Å². The van der Waals surface area contributed by atoms with Crippen molar-refractivity contribution in [3.63, 3.8) is 0 Å². The van der Waals surface area contributed by atoms with E-state index in [9.17, 15) is 4.39 Å². The van der Waals surface area contributed by atoms with Crippen molar-refractivity contribution in [2.45, 2.75) is 54.4 Å². The molecule has 0 radical (unpaired) electrons. The van der Waals surface area contributed by atoms with Gasteiger partial charge in [0.05, 0.1) is 0 Å². The van der Waals surface area contributed by atoms with Crippen LogP contribution in [0.4, 0.5) is 15.8 Å². The SMILES string of the molecule is C=C.C=Cc1c(N)cc2cc(N)cc(C)c2c1F.CCC.CCCN.Cc1ccc(C)cc1. The first-order valence-electron chi connectivity index (χ1n) is 11.3. The van der Waals surface area contributed by atoms with E-state index in [-0.39, 0.29) is 5.82 Å². The summed E-state index contributed by atoms with van der Waals surface area (Å²) in [5.74, 6) is -0.331. The maximum atomic E-state index is 14.1. The lowest BCUT2D eigenvalue weighted by molar-refractivity contribution is 0.637. The number of fused-ring (bicyclic) bond motifs is 1. The average Bonchev–Trinajstić information content (AvgIpc) is 2.78. The van der Waals surface area contributed by atoms with E-state index in [1.54, 1.807) is 18.2 Å². The largest absolute Gasteiger partial charge is 0.399 e. The first kappa shape index (κ1) is 32.1. The maximum absolute atomic E-state index is 14.1. The Labute approximate surface area is 201 Å². The number of halogens is 1. The summed E-state index contributed by atoms with van der Waals surface area (Å²) >= 11 is 0. The number of nitrogens with two attached hydrogens (primary N) is 3. The molecule has 0 aliphatic carbocycles. The summed E-state index contributed by atoms with van der Waals surface area (Å²) in [6, 6.07) is 13.7. The van der Waals surface area contributed by atoms with E-state index in [1.807, 2.05) is 6.92 Å². The Morgan fingerprint density at radius 2 is 1.30 bits per heavy atom. The van der Waals surface area contributed by atoms with Crippen LogP contribution in [0.25, 0.3) is 16.8 Å². The maximum Gasteiger partial charge on any atom is 0.140 e. The van der Waals surface area contributed by atoms with Gasteiger partial charge in [-0.15, -0.1) is 13.2 Å². The van der Waals surface area contributed by atoms with Crippen LogP contribution in [0.1, 0.15) is 55.9 Å². The van der Waals surface area contributed by atoms with Gasteiger partial charge in [0.2, 0.25) is 0 Å². The summed E-state index contributed by atoms with van der Waals surface area (Å²) in [6.07, 6.45) is 3.78. The number of aryl methyl sites for hydroxylation is 3. The smallest absolute Gasteiger partial charge is 0.140 e. The van der Waals surface area contributed by atoms with Crippen LogP contribution < -0.4 is 17.2 Å². The second-order valence-electron chi connectivity index (χ2n) is 7.48. The molecule has 0 bridgehead atoms. The Morgan fingerprint density at radius 1 is 0.879 bits per heavy atom. The van der Waals surface area contributed by atoms with Gasteiger partial charge in [-0.05, 0) is 62.9 Å². The Balaban J connectivity index is 0. The standard InChI is InChI=1S/C13H13FN2.C8H10.C3H9N.C3H8.C2H4/c1-3-10-11(16)6-8-5-9(15)4-7(2)12(8)13(10)14;1-7-3-5-8(2)6-4-7;1-2-3-4;1-3-2;1-2/h3-6H,1,15-16H2,2H3;3-6H,1-2H3;2-4H2,1H3;3H2,1-2H3;1-2H2. The van der Waals surface area contributed by atoms with E-state index < -0.39 is 0 Å². The molecule has 0 aliphatic rings. The summed E-state index contributed by atoms with van der Waals surface area (Å²) < 4.78 is 14.1. The van der Waals surface area contributed by atoms with Crippen molar-refractivity contribution in [3.05, 3.63) is 90.3 Å². The highest BCUT2D eigenvalue weighted by Crippen LogP contribution is 2.31. The van der Waals surface area contributed by atoms with Crippen molar-refractivity contribution in [1.82, 2.24) is 0 Å². The normalized spacial score (nSPS) is 8.97. The third-order valence-electron chi connectivity index (χ3n) is 4.18. The molecule has 0 spiro atoms. The van der Waals surface area contributed by atoms with Crippen LogP contribution in [0.2, 0.25) is 0 Å². The van der Waals surface area contributed by atoms with Crippen LogP contribution in [-0.2, 0) is 0 Å². The lowest BCUT2D eigenvalue weighted by Crippen LogP contribution is -1.97. The second kappa shape index (κ2) is 18.5. The van der Waals surface area contributed by atoms with Crippen LogP contribution in [-0.4, -0.2) is 6.54 Å². The van der Waals surface area contributed by atoms with Crippen molar-refractivity contribution in [2.75, 3.05) is 18.0 Å². The van der Waals surface area contributed by atoms with Crippen molar-refractivity contribution >= 4 is 28.2 Å². The van der Waals surface area contributed by atoms with Crippen LogP contribution in [0, 0.1) is 26.6 Å². The fourth-order valence-electron chi connectivity index (χ4n) is 2.61. The zero-order valence-corrected chi connectivity index (χ0v) is 21.5. The topological polar surface area (TPSA) is 78.1 Å². The first-order valence-corrected chi connectivity index (χ1v) is 11.3. The quantitative estimate of drug-likeness (QED) is 0.272. The van der Waals surface area contributed by atoms with Gasteiger partial charge in [0, 0.05) is 22.3 Å². The number of benzene rings is 3. The van der Waals surface area contributed by atoms with E-state index in [0.29, 0.717) is 22.3 Å². The lowest BCUT2D eigenvalue weighted by Gasteiger charge is -2.10. The van der Waals surface area contributed by atoms with Gasteiger partial charge in [-0.25, -0.2) is 4.39 Å². The van der Waals surface area contributed by atoms with E-state index in [0.717, 1.165) is 23.9 Å². The summed E-state index contributed by atoms with van der Waals surface area (Å²) in [6.45, 7) is 22.7. The molecule has 3 aromatic carbocycles. The molecule has 0 unspecified atom stereocenters. The fourth-order valence-corrected chi connectivity index (χ4v) is 2.61. The molecule has 0 atom stereocenters. The highest BCUT2D eigenvalue weighted by molar-refractivity contribution is 5.94. The molecule has 33 heavy (non-hydrogen) atoms. The van der Waals surface area contributed by atoms with E-state index in [2.05, 4.69) is 78.6 Å². The molecule has 3 nitrogen and oxygen atoms in total. The third-order valence-corrected chi connectivity index (χ3v) is 4.18. The molecule has 182 valence electrons. The van der Waals surface area contributed by atoms with Crippen LogP contribution in [0.5, 0.6) is 0 Å². The molecular formula is C29H44FN3. The zero-order valence-electron chi connectivity index (χ0n) is 21.5. The van der Waals surface area contributed by atoms with Crippen molar-refractivity contribution in [2.24, 2.45) is 5.73 Å². The predicted octanol–water partition coefficient (Wildman–Crippen LogP) is 7.97. The van der Waals surface area contributed by atoms with E-state index in [1.165, 1.54) is 23.6 Å². The van der Waals surface area contributed by atoms with Gasteiger partial charge < -0.3 is 17.2 Å². The summed E-state index contributed by atoms with van der Waals surface area (Å²) in [4.78, 5) is 0. The van der Waals surface area contributed by atoms with Crippen LogP contribution in [0.3, 0.4) is 0 Å². The number of anilines is 2. The van der Waals surface area contributed by atoms with Crippen LogP contribution in [0.15, 0.2) is 62.2 Å². The van der Waals surface area contributed by atoms with Gasteiger partial charge in [0.15, 0.2) is 0 Å². The minimum atomic E-state index is -0.331. The van der Waals surface area contributed by atoms with Gasteiger partial charge in [-0.3, -0.25) is 0 Å². The van der Waals surface area contributed by atoms with Crippen molar-refractivity contribution < 1.29 is 4.39 Å². The fraction of sp³-hybridized carbons (Fsp3) is 0.310. The lowest BCUT2D eigenvalue weighted by atomic mass is 9.99. The molecule has 0 saturated carbocycles. The Bertz CT molecular complexity index is 924. The molecule has 0 aliphatic heterocycles. The summed E-state index contributed by atoms with van der Waals surface area (Å²) in [5.41, 5.74) is 21.3. The molecule has 0 aromatic heterocycles. The molecule has 0 heterocycles. The van der Waals surface area contributed by atoms with Crippen LogP contribution >= 0.6 is 0 Å². The molecule has 0 amide bonds. The van der Waals surface area contributed by atoms with E-state index in [4.69, 9.17) is 17.2 Å². The molecular weight excluding hydrogens is 409 g/mol. The average molecular weight is 454 g/mol. The highest BCUT2D eigenvalue weighted by Gasteiger charge is 2.11. The minimum absolute atomic E-state index is 0.331. The Kier molecular flexibility index (Phi) is 17.9. The molecule has 6 N–H and O–H groups in total. The Morgan fingerprint density at radius 3 is 1.67 bits per heavy atom. The molecule has 0 saturated heterocycles. The Hall–Kier alpha value is -3.11. The third kappa shape index (κ3) is 11.9. The molecule has 4 heteroatoms. The first-order chi connectivity index (χ1) is 15.7. The number of hydrogen-bond donors (Lipinski definition) is 3. The van der Waals surface area contributed by atoms with Gasteiger partial charge in [0.25, 0.3) is 0 Å². The predicted molar refractivity (Wildman–Crippen MR) is 150 cm³/mol. The van der Waals surface area contributed by atoms with Gasteiger partial charge in [-0.1, -0.05) is 75.2 Å². The molecule has 3 rings (SSSR count). The number of hydrogen-bond acceptors (Lipinski definition) is 3. The molecule has 0 fully saturated rings. The minimum Gasteiger partial charge on any atom is -0.399 e. The number of nitrogen functional groups attached to an aromatic ring is 2. The van der Waals surface area contributed by atoms with Gasteiger partial charge in [-0.2, -0.15) is 0 Å².